The highest BCUT2D eigenvalue weighted by molar-refractivity contribution is 5.93. The summed E-state index contributed by atoms with van der Waals surface area (Å²) in [6.07, 6.45) is 0.343. The summed E-state index contributed by atoms with van der Waals surface area (Å²) in [6, 6.07) is 30.0. The van der Waals surface area contributed by atoms with E-state index in [1.807, 2.05) is 66.7 Å². The molecule has 0 aliphatic heterocycles. The molecule has 5 aromatic rings. The number of para-hydroxylation sites is 2. The average Bonchev–Trinajstić information content (AvgIpc) is 3.18. The molecule has 4 nitrogen and oxygen atoms in total. The fraction of sp³-hybridized carbons (Fsp3) is 0.0400. The highest BCUT2D eigenvalue weighted by Gasteiger charge is 2.07. The van der Waals surface area contributed by atoms with Crippen LogP contribution in [0.4, 0.5) is 5.69 Å². The molecule has 29 heavy (non-hydrogen) atoms. The second-order valence-electron chi connectivity index (χ2n) is 7.09. The van der Waals surface area contributed by atoms with E-state index in [-0.39, 0.29) is 5.91 Å². The molecule has 1 aromatic heterocycles. The van der Waals surface area contributed by atoms with Crippen LogP contribution in [0.3, 0.4) is 0 Å². The van der Waals surface area contributed by atoms with Crippen molar-refractivity contribution in [3.63, 3.8) is 0 Å². The molecule has 4 aromatic carbocycles. The summed E-state index contributed by atoms with van der Waals surface area (Å²) in [6.45, 7) is 0. The molecular weight excluding hydrogens is 358 g/mol. The molecule has 0 bridgehead atoms. The molecule has 0 unspecified atom stereocenters. The topological polar surface area (TPSA) is 57.8 Å². The number of aromatic nitrogens is 2. The van der Waals surface area contributed by atoms with Gasteiger partial charge in [0, 0.05) is 11.3 Å². The predicted octanol–water partition coefficient (Wildman–Crippen LogP) is 5.56. The number of anilines is 1. The Bertz CT molecular complexity index is 1290. The van der Waals surface area contributed by atoms with Crippen LogP contribution in [0, 0.1) is 0 Å². The van der Waals surface area contributed by atoms with Gasteiger partial charge in [-0.1, -0.05) is 54.6 Å². The molecule has 0 radical (unpaired) electrons. The molecule has 2 N–H and O–H groups in total. The highest BCUT2D eigenvalue weighted by atomic mass is 16.1. The Hall–Kier alpha value is -3.92. The van der Waals surface area contributed by atoms with Gasteiger partial charge in [0.2, 0.25) is 5.91 Å². The van der Waals surface area contributed by atoms with E-state index in [0.29, 0.717) is 6.42 Å². The van der Waals surface area contributed by atoms with E-state index in [1.165, 1.54) is 5.39 Å². The molecule has 0 aliphatic rings. The zero-order valence-corrected chi connectivity index (χ0v) is 15.7. The number of hydrogen-bond donors (Lipinski definition) is 2. The highest BCUT2D eigenvalue weighted by Crippen LogP contribution is 2.22. The van der Waals surface area contributed by atoms with Crippen LogP contribution in [-0.2, 0) is 11.2 Å². The van der Waals surface area contributed by atoms with Crippen LogP contribution in [0.5, 0.6) is 0 Å². The van der Waals surface area contributed by atoms with Crippen molar-refractivity contribution < 1.29 is 4.79 Å². The van der Waals surface area contributed by atoms with Crippen molar-refractivity contribution in [1.29, 1.82) is 0 Å². The third kappa shape index (κ3) is 3.60. The lowest BCUT2D eigenvalue weighted by atomic mass is 10.0. The summed E-state index contributed by atoms with van der Waals surface area (Å²) >= 11 is 0. The Balaban J connectivity index is 1.29. The largest absolute Gasteiger partial charge is 0.338 e. The van der Waals surface area contributed by atoms with Gasteiger partial charge in [0.05, 0.1) is 17.5 Å². The second kappa shape index (κ2) is 7.24. The van der Waals surface area contributed by atoms with E-state index in [0.717, 1.165) is 39.1 Å². The van der Waals surface area contributed by atoms with Crippen LogP contribution in [0.2, 0.25) is 0 Å². The van der Waals surface area contributed by atoms with E-state index in [9.17, 15) is 4.79 Å². The summed E-state index contributed by atoms with van der Waals surface area (Å²) < 4.78 is 0. The van der Waals surface area contributed by atoms with E-state index in [1.54, 1.807) is 0 Å². The lowest BCUT2D eigenvalue weighted by Crippen LogP contribution is -2.14. The number of fused-ring (bicyclic) bond motifs is 2. The van der Waals surface area contributed by atoms with Gasteiger partial charge in [-0.25, -0.2) is 4.98 Å². The Kier molecular flexibility index (Phi) is 4.30. The number of carbonyl (C=O) groups is 1. The number of carbonyl (C=O) groups excluding carboxylic acids is 1. The lowest BCUT2D eigenvalue weighted by Gasteiger charge is -2.07. The van der Waals surface area contributed by atoms with Crippen molar-refractivity contribution in [2.75, 3.05) is 5.32 Å². The number of benzene rings is 4. The Morgan fingerprint density at radius 3 is 2.41 bits per heavy atom. The number of H-pyrrole nitrogens is 1. The third-order valence-electron chi connectivity index (χ3n) is 5.01. The SMILES string of the molecule is O=C(Cc1ccc2ccccc2c1)Nc1ccc(-c2nc3ccccc3[nH]2)cc1. The number of amides is 1. The molecule has 0 spiro atoms. The second-order valence-corrected chi connectivity index (χ2v) is 7.09. The minimum atomic E-state index is -0.0308. The van der Waals surface area contributed by atoms with Crippen LogP contribution in [0.25, 0.3) is 33.2 Å². The normalized spacial score (nSPS) is 11.0. The number of imidazole rings is 1. The van der Waals surface area contributed by atoms with Crippen molar-refractivity contribution in [3.05, 3.63) is 96.6 Å². The van der Waals surface area contributed by atoms with Crippen LogP contribution >= 0.6 is 0 Å². The smallest absolute Gasteiger partial charge is 0.228 e. The van der Waals surface area contributed by atoms with Crippen LogP contribution in [0.1, 0.15) is 5.56 Å². The lowest BCUT2D eigenvalue weighted by molar-refractivity contribution is -0.115. The molecule has 0 saturated heterocycles. The first kappa shape index (κ1) is 17.2. The molecule has 140 valence electrons. The van der Waals surface area contributed by atoms with Gasteiger partial charge in [0.15, 0.2) is 0 Å². The zero-order chi connectivity index (χ0) is 19.6. The number of hydrogen-bond acceptors (Lipinski definition) is 2. The Labute approximate surface area is 168 Å². The number of nitrogens with zero attached hydrogens (tertiary/aromatic N) is 1. The maximum Gasteiger partial charge on any atom is 0.228 e. The van der Waals surface area contributed by atoms with Gasteiger partial charge in [-0.3, -0.25) is 4.79 Å². The van der Waals surface area contributed by atoms with Gasteiger partial charge in [0.25, 0.3) is 0 Å². The molecule has 0 atom stereocenters. The van der Waals surface area contributed by atoms with Crippen molar-refractivity contribution in [3.8, 4) is 11.4 Å². The van der Waals surface area contributed by atoms with E-state index in [2.05, 4.69) is 39.6 Å². The van der Waals surface area contributed by atoms with Crippen molar-refractivity contribution in [2.45, 2.75) is 6.42 Å². The van der Waals surface area contributed by atoms with Crippen molar-refractivity contribution in [2.24, 2.45) is 0 Å². The molecule has 0 saturated carbocycles. The van der Waals surface area contributed by atoms with Crippen molar-refractivity contribution in [1.82, 2.24) is 9.97 Å². The summed E-state index contributed by atoms with van der Waals surface area (Å²) in [4.78, 5) is 20.4. The minimum absolute atomic E-state index is 0.0308. The fourth-order valence-electron chi connectivity index (χ4n) is 3.54. The fourth-order valence-corrected chi connectivity index (χ4v) is 3.54. The van der Waals surface area contributed by atoms with Crippen LogP contribution in [0.15, 0.2) is 91.0 Å². The Morgan fingerprint density at radius 1 is 0.828 bits per heavy atom. The maximum absolute atomic E-state index is 12.5. The van der Waals surface area contributed by atoms with Gasteiger partial charge in [-0.15, -0.1) is 0 Å². The molecule has 5 rings (SSSR count). The summed E-state index contributed by atoms with van der Waals surface area (Å²) in [5, 5.41) is 5.30. The number of rotatable bonds is 4. The molecular formula is C25H19N3O. The third-order valence-corrected chi connectivity index (χ3v) is 5.01. The first-order valence-corrected chi connectivity index (χ1v) is 9.57. The first-order valence-electron chi connectivity index (χ1n) is 9.57. The van der Waals surface area contributed by atoms with Gasteiger partial charge in [0.1, 0.15) is 5.82 Å². The summed E-state index contributed by atoms with van der Waals surface area (Å²) in [5.74, 6) is 0.789. The van der Waals surface area contributed by atoms with Gasteiger partial charge >= 0.3 is 0 Å². The molecule has 0 aliphatic carbocycles. The molecule has 4 heteroatoms. The average molecular weight is 377 g/mol. The monoisotopic (exact) mass is 377 g/mol. The summed E-state index contributed by atoms with van der Waals surface area (Å²) in [5.41, 5.74) is 4.70. The van der Waals surface area contributed by atoms with Gasteiger partial charge in [-0.2, -0.15) is 0 Å². The van der Waals surface area contributed by atoms with Gasteiger partial charge < -0.3 is 10.3 Å². The molecule has 1 heterocycles. The number of aromatic amines is 1. The van der Waals surface area contributed by atoms with Gasteiger partial charge in [-0.05, 0) is 52.7 Å². The maximum atomic E-state index is 12.5. The quantitative estimate of drug-likeness (QED) is 0.430. The standard InChI is InChI=1S/C25H19N3O/c29-24(16-17-9-10-18-5-1-2-6-20(18)15-17)26-21-13-11-19(12-14-21)25-27-22-7-3-4-8-23(22)28-25/h1-15H,16H2,(H,26,29)(H,27,28). The first-order chi connectivity index (χ1) is 14.2. The van der Waals surface area contributed by atoms with E-state index >= 15 is 0 Å². The van der Waals surface area contributed by atoms with E-state index in [4.69, 9.17) is 0 Å². The van der Waals surface area contributed by atoms with Crippen molar-refractivity contribution >= 4 is 33.4 Å². The summed E-state index contributed by atoms with van der Waals surface area (Å²) in [7, 11) is 0. The van der Waals surface area contributed by atoms with E-state index < -0.39 is 0 Å². The zero-order valence-electron chi connectivity index (χ0n) is 15.7. The molecule has 1 amide bonds. The minimum Gasteiger partial charge on any atom is -0.338 e. The van der Waals surface area contributed by atoms with Crippen LogP contribution < -0.4 is 5.32 Å². The van der Waals surface area contributed by atoms with Crippen LogP contribution in [-0.4, -0.2) is 15.9 Å². The predicted molar refractivity (Wildman–Crippen MR) is 118 cm³/mol. The Morgan fingerprint density at radius 2 is 1.59 bits per heavy atom. The molecule has 0 fully saturated rings. The number of nitrogens with one attached hydrogen (secondary N) is 2.